The lowest BCUT2D eigenvalue weighted by Gasteiger charge is -2.18. The molecule has 1 fully saturated rings. The zero-order chi connectivity index (χ0) is 22.1. The first kappa shape index (κ1) is 21.1. The van der Waals surface area contributed by atoms with E-state index < -0.39 is 28.6 Å². The normalized spacial score (nSPS) is 13.4. The highest BCUT2D eigenvalue weighted by atomic mass is 32.2. The standard InChI is InChI=1S/C21H20F2N4O3S/c1-31-20-14-18(27(11-5-6-11)10-12(19(14)28)21(29)30)15(22)17(16(20)23)26-9-8-25-13-4-2-3-7-24-13/h2-4,7,10-11,26H,5-6,8-9H2,1H3,(H,24,25)(H,29,30). The summed E-state index contributed by atoms with van der Waals surface area (Å²) in [6.45, 7) is 0.556. The number of hydrogen-bond donors (Lipinski definition) is 3. The average molecular weight is 446 g/mol. The number of pyridine rings is 2. The Labute approximate surface area is 180 Å². The van der Waals surface area contributed by atoms with Crippen molar-refractivity contribution in [2.45, 2.75) is 23.8 Å². The van der Waals surface area contributed by atoms with Gasteiger partial charge in [-0.3, -0.25) is 4.79 Å². The second kappa shape index (κ2) is 8.54. The predicted octanol–water partition coefficient (Wildman–Crippen LogP) is 3.95. The molecule has 1 aliphatic rings. The Balaban J connectivity index is 1.76. The molecule has 0 aliphatic heterocycles. The summed E-state index contributed by atoms with van der Waals surface area (Å²) in [5.41, 5.74) is -1.78. The Morgan fingerprint density at radius 2 is 2.00 bits per heavy atom. The number of benzene rings is 1. The number of carbonyl (C=O) groups is 1. The molecule has 7 nitrogen and oxygen atoms in total. The first-order valence-corrected chi connectivity index (χ1v) is 10.9. The molecular weight excluding hydrogens is 426 g/mol. The minimum absolute atomic E-state index is 0.0663. The summed E-state index contributed by atoms with van der Waals surface area (Å²) in [5.74, 6) is -2.59. The fourth-order valence-corrected chi connectivity index (χ4v) is 4.17. The predicted molar refractivity (Wildman–Crippen MR) is 116 cm³/mol. The summed E-state index contributed by atoms with van der Waals surface area (Å²) >= 11 is 0.946. The van der Waals surface area contributed by atoms with E-state index in [1.54, 1.807) is 24.6 Å². The van der Waals surface area contributed by atoms with Crippen LogP contribution in [0.4, 0.5) is 20.3 Å². The molecule has 0 unspecified atom stereocenters. The lowest BCUT2D eigenvalue weighted by Crippen LogP contribution is -2.22. The molecule has 2 heterocycles. The van der Waals surface area contributed by atoms with E-state index >= 15 is 8.78 Å². The van der Waals surface area contributed by atoms with Gasteiger partial charge in [-0.05, 0) is 31.2 Å². The van der Waals surface area contributed by atoms with Gasteiger partial charge in [0.05, 0.1) is 15.8 Å². The molecule has 4 rings (SSSR count). The molecule has 31 heavy (non-hydrogen) atoms. The van der Waals surface area contributed by atoms with Gasteiger partial charge in [0.15, 0.2) is 11.6 Å². The quantitative estimate of drug-likeness (QED) is 0.356. The molecule has 0 spiro atoms. The van der Waals surface area contributed by atoms with Gasteiger partial charge < -0.3 is 20.3 Å². The molecule has 3 N–H and O–H groups in total. The molecule has 0 bridgehead atoms. The molecule has 10 heteroatoms. The number of rotatable bonds is 8. The number of nitrogens with one attached hydrogen (secondary N) is 2. The Kier molecular flexibility index (Phi) is 5.81. The van der Waals surface area contributed by atoms with Crippen LogP contribution in [-0.2, 0) is 0 Å². The number of aromatic nitrogens is 2. The summed E-state index contributed by atoms with van der Waals surface area (Å²) in [4.78, 5) is 28.4. The number of anilines is 2. The minimum atomic E-state index is -1.42. The summed E-state index contributed by atoms with van der Waals surface area (Å²) in [6.07, 6.45) is 5.84. The van der Waals surface area contributed by atoms with Gasteiger partial charge in [0.25, 0.3) is 0 Å². The van der Waals surface area contributed by atoms with Crippen LogP contribution >= 0.6 is 11.8 Å². The van der Waals surface area contributed by atoms with Gasteiger partial charge in [0, 0.05) is 31.5 Å². The van der Waals surface area contributed by atoms with E-state index in [9.17, 15) is 14.7 Å². The molecule has 0 atom stereocenters. The lowest BCUT2D eigenvalue weighted by molar-refractivity contribution is 0.0694. The van der Waals surface area contributed by atoms with E-state index in [1.807, 2.05) is 6.07 Å². The van der Waals surface area contributed by atoms with Crippen molar-refractivity contribution in [1.29, 1.82) is 0 Å². The molecule has 3 aromatic rings. The maximum Gasteiger partial charge on any atom is 0.341 e. The molecule has 1 aliphatic carbocycles. The Bertz CT molecular complexity index is 1210. The highest BCUT2D eigenvalue weighted by Crippen LogP contribution is 2.41. The largest absolute Gasteiger partial charge is 0.477 e. The van der Waals surface area contributed by atoms with Gasteiger partial charge in [-0.25, -0.2) is 18.6 Å². The third-order valence-corrected chi connectivity index (χ3v) is 5.87. The molecule has 2 aromatic heterocycles. The average Bonchev–Trinajstić information content (AvgIpc) is 3.59. The first-order chi connectivity index (χ1) is 14.9. The van der Waals surface area contributed by atoms with E-state index in [-0.39, 0.29) is 34.1 Å². The second-order valence-electron chi connectivity index (χ2n) is 7.14. The van der Waals surface area contributed by atoms with Crippen LogP contribution in [0.1, 0.15) is 29.2 Å². The maximum absolute atomic E-state index is 15.5. The zero-order valence-corrected chi connectivity index (χ0v) is 17.4. The number of hydrogen-bond acceptors (Lipinski definition) is 6. The van der Waals surface area contributed by atoms with Crippen LogP contribution < -0.4 is 16.1 Å². The fourth-order valence-electron chi connectivity index (χ4n) is 3.49. The Morgan fingerprint density at radius 3 is 2.61 bits per heavy atom. The van der Waals surface area contributed by atoms with Crippen LogP contribution in [0.2, 0.25) is 0 Å². The third kappa shape index (κ3) is 3.95. The van der Waals surface area contributed by atoms with Crippen molar-refractivity contribution >= 4 is 40.1 Å². The van der Waals surface area contributed by atoms with Crippen molar-refractivity contribution in [1.82, 2.24) is 9.55 Å². The smallest absolute Gasteiger partial charge is 0.341 e. The number of nitrogens with zero attached hydrogens (tertiary/aromatic N) is 2. The van der Waals surface area contributed by atoms with Crippen LogP contribution in [0.15, 0.2) is 40.3 Å². The van der Waals surface area contributed by atoms with Gasteiger partial charge in [-0.15, -0.1) is 11.8 Å². The number of carboxylic acid groups (broad SMARTS) is 1. The van der Waals surface area contributed by atoms with Crippen molar-refractivity contribution in [2.75, 3.05) is 30.0 Å². The summed E-state index contributed by atoms with van der Waals surface area (Å²) < 4.78 is 32.2. The number of carboxylic acids is 1. The maximum atomic E-state index is 15.5. The molecule has 0 saturated heterocycles. The summed E-state index contributed by atoms with van der Waals surface area (Å²) in [7, 11) is 0. The van der Waals surface area contributed by atoms with E-state index in [4.69, 9.17) is 0 Å². The van der Waals surface area contributed by atoms with Crippen molar-refractivity contribution in [3.63, 3.8) is 0 Å². The second-order valence-corrected chi connectivity index (χ2v) is 7.96. The Hall–Kier alpha value is -3.14. The lowest BCUT2D eigenvalue weighted by atomic mass is 10.1. The van der Waals surface area contributed by atoms with E-state index in [2.05, 4.69) is 15.6 Å². The number of aromatic carboxylic acids is 1. The Morgan fingerprint density at radius 1 is 1.26 bits per heavy atom. The van der Waals surface area contributed by atoms with Gasteiger partial charge in [0.2, 0.25) is 5.43 Å². The van der Waals surface area contributed by atoms with Gasteiger partial charge in [-0.1, -0.05) is 6.07 Å². The highest BCUT2D eigenvalue weighted by Gasteiger charge is 2.31. The summed E-state index contributed by atoms with van der Waals surface area (Å²) in [6, 6.07) is 5.26. The highest BCUT2D eigenvalue weighted by molar-refractivity contribution is 7.98. The molecule has 1 aromatic carbocycles. The fraction of sp³-hybridized carbons (Fsp3) is 0.286. The zero-order valence-electron chi connectivity index (χ0n) is 16.6. The number of thioether (sulfide) groups is 1. The molecule has 0 radical (unpaired) electrons. The monoisotopic (exact) mass is 446 g/mol. The van der Waals surface area contributed by atoms with Crippen molar-refractivity contribution < 1.29 is 18.7 Å². The van der Waals surface area contributed by atoms with Crippen LogP contribution in [0.5, 0.6) is 0 Å². The van der Waals surface area contributed by atoms with E-state index in [0.29, 0.717) is 12.4 Å². The SMILES string of the molecule is CSc1c(F)c(NCCNc2ccccn2)c(F)c2c1c(=O)c(C(=O)O)cn2C1CC1. The van der Waals surface area contributed by atoms with Crippen LogP contribution in [-0.4, -0.2) is 40.0 Å². The van der Waals surface area contributed by atoms with Gasteiger partial charge in [-0.2, -0.15) is 0 Å². The van der Waals surface area contributed by atoms with E-state index in [1.165, 1.54) is 10.8 Å². The van der Waals surface area contributed by atoms with Gasteiger partial charge in [0.1, 0.15) is 17.1 Å². The first-order valence-electron chi connectivity index (χ1n) is 9.69. The van der Waals surface area contributed by atoms with Crippen molar-refractivity contribution in [3.8, 4) is 0 Å². The van der Waals surface area contributed by atoms with Crippen molar-refractivity contribution in [3.05, 3.63) is 58.0 Å². The van der Waals surface area contributed by atoms with Crippen LogP contribution in [0.25, 0.3) is 10.9 Å². The van der Waals surface area contributed by atoms with Crippen molar-refractivity contribution in [2.24, 2.45) is 0 Å². The molecule has 162 valence electrons. The minimum Gasteiger partial charge on any atom is -0.477 e. The van der Waals surface area contributed by atoms with Gasteiger partial charge >= 0.3 is 5.97 Å². The topological polar surface area (TPSA) is 96.2 Å². The van der Waals surface area contributed by atoms with Crippen LogP contribution in [0, 0.1) is 11.6 Å². The molecule has 0 amide bonds. The van der Waals surface area contributed by atoms with Crippen LogP contribution in [0.3, 0.4) is 0 Å². The summed E-state index contributed by atoms with van der Waals surface area (Å²) in [5, 5.41) is 15.0. The third-order valence-electron chi connectivity index (χ3n) is 5.08. The van der Waals surface area contributed by atoms with E-state index in [0.717, 1.165) is 24.6 Å². The number of fused-ring (bicyclic) bond motifs is 1. The molecular formula is C21H20F2N4O3S. The number of halogens is 2. The molecule has 1 saturated carbocycles.